The molecule has 0 atom stereocenters. The van der Waals surface area contributed by atoms with Crippen molar-refractivity contribution < 1.29 is 9.59 Å². The van der Waals surface area contributed by atoms with Gasteiger partial charge in [-0.05, 0) is 55.7 Å². The summed E-state index contributed by atoms with van der Waals surface area (Å²) < 4.78 is 0. The topological polar surface area (TPSA) is 52.7 Å². The molecule has 0 unspecified atom stereocenters. The van der Waals surface area contributed by atoms with E-state index in [-0.39, 0.29) is 17.9 Å². The third kappa shape index (κ3) is 4.99. The molecule has 0 spiro atoms. The minimum atomic E-state index is 0.103. The second-order valence-corrected chi connectivity index (χ2v) is 8.99. The number of piperidine rings is 2. The van der Waals surface area contributed by atoms with Crippen LogP contribution in [0, 0.1) is 0 Å². The summed E-state index contributed by atoms with van der Waals surface area (Å²) in [5.41, 5.74) is 1.85. The number of carbonyl (C=O) groups excluding carboxylic acids is 2. The van der Waals surface area contributed by atoms with Crippen molar-refractivity contribution >= 4 is 28.8 Å². The van der Waals surface area contributed by atoms with Crippen molar-refractivity contribution in [3.63, 3.8) is 0 Å². The Morgan fingerprint density at radius 3 is 2.45 bits per heavy atom. The third-order valence-electron chi connectivity index (χ3n) is 5.89. The smallest absolute Gasteiger partial charge is 0.255 e. The van der Waals surface area contributed by atoms with Crippen molar-refractivity contribution in [2.24, 2.45) is 0 Å². The molecule has 154 valence electrons. The number of rotatable bonds is 5. The van der Waals surface area contributed by atoms with E-state index >= 15 is 0 Å². The van der Waals surface area contributed by atoms with Crippen LogP contribution in [0.3, 0.4) is 0 Å². The first kappa shape index (κ1) is 20.0. The molecule has 29 heavy (non-hydrogen) atoms. The molecular weight excluding hydrogens is 382 g/mol. The molecule has 0 aliphatic carbocycles. The maximum absolute atomic E-state index is 13.1. The standard InChI is InChI=1S/C23H29N3O2S/c27-22(17-19-7-6-16-29-19)24-18-10-14-25(15-11-18)21-9-3-2-8-20(21)23(28)26-12-4-1-5-13-26/h2-3,6-9,16,18H,1,4-5,10-15,17H2,(H,24,27). The van der Waals surface area contributed by atoms with Gasteiger partial charge in [0.2, 0.25) is 5.91 Å². The second kappa shape index (κ2) is 9.44. The lowest BCUT2D eigenvalue weighted by atomic mass is 10.0. The van der Waals surface area contributed by atoms with Crippen LogP contribution in [0.2, 0.25) is 0 Å². The van der Waals surface area contributed by atoms with Gasteiger partial charge in [-0.25, -0.2) is 0 Å². The highest BCUT2D eigenvalue weighted by Crippen LogP contribution is 2.26. The minimum Gasteiger partial charge on any atom is -0.371 e. The zero-order valence-electron chi connectivity index (χ0n) is 16.8. The summed E-state index contributed by atoms with van der Waals surface area (Å²) in [7, 11) is 0. The molecule has 3 heterocycles. The fourth-order valence-electron chi connectivity index (χ4n) is 4.31. The summed E-state index contributed by atoms with van der Waals surface area (Å²) in [4.78, 5) is 30.8. The number of benzene rings is 1. The van der Waals surface area contributed by atoms with E-state index < -0.39 is 0 Å². The van der Waals surface area contributed by atoms with Crippen molar-refractivity contribution in [1.82, 2.24) is 10.2 Å². The predicted molar refractivity (Wildman–Crippen MR) is 118 cm³/mol. The first-order chi connectivity index (χ1) is 14.2. The number of thiophene rings is 1. The average molecular weight is 412 g/mol. The Kier molecular flexibility index (Phi) is 6.49. The zero-order chi connectivity index (χ0) is 20.1. The van der Waals surface area contributed by atoms with Gasteiger partial charge in [0.25, 0.3) is 5.91 Å². The Bertz CT molecular complexity index is 822. The monoisotopic (exact) mass is 411 g/mol. The van der Waals surface area contributed by atoms with Crippen molar-refractivity contribution in [3.05, 3.63) is 52.2 Å². The molecule has 1 aromatic carbocycles. The van der Waals surface area contributed by atoms with E-state index in [0.717, 1.165) is 68.0 Å². The van der Waals surface area contributed by atoms with Crippen molar-refractivity contribution in [1.29, 1.82) is 0 Å². The molecule has 4 rings (SSSR count). The highest BCUT2D eigenvalue weighted by molar-refractivity contribution is 7.10. The van der Waals surface area contributed by atoms with E-state index in [1.807, 2.05) is 40.6 Å². The molecule has 1 aromatic heterocycles. The number of likely N-dealkylation sites (tertiary alicyclic amines) is 1. The van der Waals surface area contributed by atoms with E-state index in [4.69, 9.17) is 0 Å². The number of nitrogens with zero attached hydrogens (tertiary/aromatic N) is 2. The molecule has 0 radical (unpaired) electrons. The van der Waals surface area contributed by atoms with E-state index in [0.29, 0.717) is 6.42 Å². The minimum absolute atomic E-state index is 0.103. The van der Waals surface area contributed by atoms with Crippen LogP contribution in [0.25, 0.3) is 0 Å². The number of amides is 2. The molecule has 0 bridgehead atoms. The van der Waals surface area contributed by atoms with Crippen LogP contribution in [0.4, 0.5) is 5.69 Å². The lowest BCUT2D eigenvalue weighted by molar-refractivity contribution is -0.121. The van der Waals surface area contributed by atoms with E-state index in [1.165, 1.54) is 6.42 Å². The highest BCUT2D eigenvalue weighted by Gasteiger charge is 2.26. The number of hydrogen-bond donors (Lipinski definition) is 1. The number of hydrogen-bond acceptors (Lipinski definition) is 4. The SMILES string of the molecule is O=C(Cc1cccs1)NC1CCN(c2ccccc2C(=O)N2CCCCC2)CC1. The molecule has 2 amide bonds. The van der Waals surface area contributed by atoms with Crippen LogP contribution >= 0.6 is 11.3 Å². The normalized spacial score (nSPS) is 17.9. The number of para-hydroxylation sites is 1. The Balaban J connectivity index is 1.35. The lowest BCUT2D eigenvalue weighted by Crippen LogP contribution is -2.45. The van der Waals surface area contributed by atoms with Crippen LogP contribution in [0.5, 0.6) is 0 Å². The van der Waals surface area contributed by atoms with Crippen LogP contribution in [0.15, 0.2) is 41.8 Å². The van der Waals surface area contributed by atoms with Gasteiger partial charge in [-0.15, -0.1) is 11.3 Å². The highest BCUT2D eigenvalue weighted by atomic mass is 32.1. The number of nitrogens with one attached hydrogen (secondary N) is 1. The van der Waals surface area contributed by atoms with Gasteiger partial charge in [0.05, 0.1) is 12.0 Å². The van der Waals surface area contributed by atoms with E-state index in [2.05, 4.69) is 16.3 Å². The second-order valence-electron chi connectivity index (χ2n) is 7.95. The van der Waals surface area contributed by atoms with Gasteiger partial charge < -0.3 is 15.1 Å². The van der Waals surface area contributed by atoms with Crippen molar-refractivity contribution in [2.45, 2.75) is 44.6 Å². The molecule has 2 saturated heterocycles. The molecule has 2 aromatic rings. The summed E-state index contributed by atoms with van der Waals surface area (Å²) in [5, 5.41) is 5.19. The Morgan fingerprint density at radius 1 is 0.966 bits per heavy atom. The molecule has 6 heteroatoms. The first-order valence-corrected chi connectivity index (χ1v) is 11.5. The first-order valence-electron chi connectivity index (χ1n) is 10.7. The number of anilines is 1. The zero-order valence-corrected chi connectivity index (χ0v) is 17.6. The summed E-state index contributed by atoms with van der Waals surface area (Å²) in [6, 6.07) is 12.2. The van der Waals surface area contributed by atoms with E-state index in [9.17, 15) is 9.59 Å². The summed E-state index contributed by atoms with van der Waals surface area (Å²) in [6.07, 6.45) is 5.70. The van der Waals surface area contributed by atoms with Crippen LogP contribution in [-0.4, -0.2) is 48.9 Å². The maximum Gasteiger partial charge on any atom is 0.255 e. The maximum atomic E-state index is 13.1. The average Bonchev–Trinajstić information content (AvgIpc) is 3.27. The van der Waals surface area contributed by atoms with Gasteiger partial charge in [-0.1, -0.05) is 18.2 Å². The fraction of sp³-hybridized carbons (Fsp3) is 0.478. The van der Waals surface area contributed by atoms with Gasteiger partial charge >= 0.3 is 0 Å². The Labute approximate surface area is 176 Å². The quantitative estimate of drug-likeness (QED) is 0.816. The van der Waals surface area contributed by atoms with Gasteiger partial charge in [-0.2, -0.15) is 0 Å². The Morgan fingerprint density at radius 2 is 1.72 bits per heavy atom. The van der Waals surface area contributed by atoms with Crippen LogP contribution in [0.1, 0.15) is 47.3 Å². The Hall–Kier alpha value is -2.34. The van der Waals surface area contributed by atoms with E-state index in [1.54, 1.807) is 11.3 Å². The van der Waals surface area contributed by atoms with Gasteiger partial charge in [0, 0.05) is 42.8 Å². The van der Waals surface area contributed by atoms with Crippen molar-refractivity contribution in [3.8, 4) is 0 Å². The van der Waals surface area contributed by atoms with Gasteiger partial charge in [0.1, 0.15) is 0 Å². The molecule has 5 nitrogen and oxygen atoms in total. The lowest BCUT2D eigenvalue weighted by Gasteiger charge is -2.36. The van der Waals surface area contributed by atoms with Crippen molar-refractivity contribution in [2.75, 3.05) is 31.1 Å². The van der Waals surface area contributed by atoms with Crippen LogP contribution < -0.4 is 10.2 Å². The predicted octanol–water partition coefficient (Wildman–Crippen LogP) is 3.70. The summed E-state index contributed by atoms with van der Waals surface area (Å²) in [5.74, 6) is 0.262. The molecule has 2 aliphatic rings. The summed E-state index contributed by atoms with van der Waals surface area (Å²) in [6.45, 7) is 3.44. The molecule has 0 saturated carbocycles. The summed E-state index contributed by atoms with van der Waals surface area (Å²) >= 11 is 1.62. The number of carbonyl (C=O) groups is 2. The van der Waals surface area contributed by atoms with Gasteiger partial charge in [0.15, 0.2) is 0 Å². The largest absolute Gasteiger partial charge is 0.371 e. The van der Waals surface area contributed by atoms with Crippen LogP contribution in [-0.2, 0) is 11.2 Å². The molecule has 2 aliphatic heterocycles. The molecule has 1 N–H and O–H groups in total. The fourth-order valence-corrected chi connectivity index (χ4v) is 5.02. The molecular formula is C23H29N3O2S. The third-order valence-corrected chi connectivity index (χ3v) is 6.77. The molecule has 2 fully saturated rings. The van der Waals surface area contributed by atoms with Gasteiger partial charge in [-0.3, -0.25) is 9.59 Å².